The minimum Gasteiger partial charge on any atom is -0.288 e. The van der Waals surface area contributed by atoms with Gasteiger partial charge in [-0.2, -0.15) is 0 Å². The van der Waals surface area contributed by atoms with Crippen LogP contribution in [0.4, 0.5) is 0 Å². The van der Waals surface area contributed by atoms with Gasteiger partial charge in [-0.3, -0.25) is 4.79 Å². The van der Waals surface area contributed by atoms with Gasteiger partial charge < -0.3 is 0 Å². The summed E-state index contributed by atoms with van der Waals surface area (Å²) in [6.45, 7) is 4.05. The molecular weight excluding hydrogens is 268 g/mol. The maximum atomic E-state index is 12.8. The van der Waals surface area contributed by atoms with Gasteiger partial charge in [-0.05, 0) is 28.2 Å². The van der Waals surface area contributed by atoms with Crippen molar-refractivity contribution in [3.05, 3.63) is 58.6 Å². The summed E-state index contributed by atoms with van der Waals surface area (Å²) in [6, 6.07) is 13.7. The highest BCUT2D eigenvalue weighted by Crippen LogP contribution is 2.26. The van der Waals surface area contributed by atoms with Crippen molar-refractivity contribution >= 4 is 28.1 Å². The Hall–Kier alpha value is -2.07. The molecule has 0 fully saturated rings. The lowest BCUT2D eigenvalue weighted by Crippen LogP contribution is -2.04. The normalized spacial score (nSPS) is 11.2. The number of hydrogen-bond donors (Lipinski definition) is 0. The van der Waals surface area contributed by atoms with Crippen LogP contribution in [0.25, 0.3) is 10.8 Å². The molecule has 1 heterocycles. The van der Waals surface area contributed by atoms with Crippen LogP contribution >= 0.6 is 11.5 Å². The lowest BCUT2D eigenvalue weighted by molar-refractivity contribution is 0.104. The van der Waals surface area contributed by atoms with E-state index in [0.717, 1.165) is 22.0 Å². The number of nitrogens with zero attached hydrogens (tertiary/aromatic N) is 2. The van der Waals surface area contributed by atoms with Crippen LogP contribution in [0.5, 0.6) is 0 Å². The van der Waals surface area contributed by atoms with Crippen LogP contribution in [0.1, 0.15) is 40.7 Å². The first-order chi connectivity index (χ1) is 9.68. The van der Waals surface area contributed by atoms with Gasteiger partial charge >= 0.3 is 0 Å². The van der Waals surface area contributed by atoms with Crippen LogP contribution in [0.3, 0.4) is 0 Å². The van der Waals surface area contributed by atoms with Gasteiger partial charge in [-0.15, -0.1) is 5.10 Å². The Morgan fingerprint density at radius 2 is 1.85 bits per heavy atom. The summed E-state index contributed by atoms with van der Waals surface area (Å²) in [5.74, 6) is 0.211. The maximum Gasteiger partial charge on any atom is 0.207 e. The molecule has 0 aliphatic heterocycles. The van der Waals surface area contributed by atoms with E-state index in [4.69, 9.17) is 0 Å². The molecule has 0 unspecified atom stereocenters. The third kappa shape index (κ3) is 2.12. The third-order valence-corrected chi connectivity index (χ3v) is 4.04. The van der Waals surface area contributed by atoms with E-state index in [9.17, 15) is 4.79 Å². The van der Waals surface area contributed by atoms with Crippen molar-refractivity contribution in [1.29, 1.82) is 0 Å². The quantitative estimate of drug-likeness (QED) is 0.681. The molecular formula is C16H14N2OS. The maximum absolute atomic E-state index is 12.8. The molecule has 0 spiro atoms. The Morgan fingerprint density at radius 3 is 2.65 bits per heavy atom. The third-order valence-electron chi connectivity index (χ3n) is 3.30. The molecule has 0 saturated heterocycles. The van der Waals surface area contributed by atoms with Gasteiger partial charge in [0.1, 0.15) is 4.88 Å². The highest BCUT2D eigenvalue weighted by atomic mass is 32.1. The van der Waals surface area contributed by atoms with Crippen LogP contribution in [0.15, 0.2) is 42.5 Å². The van der Waals surface area contributed by atoms with Crippen molar-refractivity contribution in [3.63, 3.8) is 0 Å². The second-order valence-electron chi connectivity index (χ2n) is 5.00. The topological polar surface area (TPSA) is 42.9 Å². The Bertz CT molecular complexity index is 772. The fraction of sp³-hybridized carbons (Fsp3) is 0.188. The van der Waals surface area contributed by atoms with Crippen molar-refractivity contribution in [2.24, 2.45) is 0 Å². The predicted octanol–water partition coefficient (Wildman–Crippen LogP) is 4.05. The fourth-order valence-corrected chi connectivity index (χ4v) is 3.05. The Balaban J connectivity index is 2.16. The molecule has 0 N–H and O–H groups in total. The molecule has 1 aromatic heterocycles. The van der Waals surface area contributed by atoms with E-state index in [1.165, 1.54) is 11.5 Å². The minimum atomic E-state index is 0.0144. The standard InChI is InChI=1S/C16H14N2OS/c1-10(2)14-16(20-18-17-14)15(19)13-9-5-7-11-6-3-4-8-12(11)13/h3-10H,1-2H3. The largest absolute Gasteiger partial charge is 0.288 e. The Labute approximate surface area is 121 Å². The molecule has 0 amide bonds. The smallest absolute Gasteiger partial charge is 0.207 e. The van der Waals surface area contributed by atoms with Crippen molar-refractivity contribution < 1.29 is 4.79 Å². The molecule has 0 atom stereocenters. The highest BCUT2D eigenvalue weighted by molar-refractivity contribution is 7.08. The van der Waals surface area contributed by atoms with Gasteiger partial charge in [0.2, 0.25) is 5.78 Å². The second kappa shape index (κ2) is 5.13. The van der Waals surface area contributed by atoms with E-state index >= 15 is 0 Å². The summed E-state index contributed by atoms with van der Waals surface area (Å²) < 4.78 is 3.94. The van der Waals surface area contributed by atoms with Crippen LogP contribution < -0.4 is 0 Å². The number of benzene rings is 2. The average Bonchev–Trinajstić information content (AvgIpc) is 2.95. The molecule has 0 saturated carbocycles. The first-order valence-corrected chi connectivity index (χ1v) is 7.30. The van der Waals surface area contributed by atoms with E-state index in [-0.39, 0.29) is 11.7 Å². The SMILES string of the molecule is CC(C)c1nnsc1C(=O)c1cccc2ccccc12. The predicted molar refractivity (Wildman–Crippen MR) is 81.4 cm³/mol. The molecule has 100 valence electrons. The zero-order chi connectivity index (χ0) is 14.1. The van der Waals surface area contributed by atoms with Crippen molar-refractivity contribution in [1.82, 2.24) is 9.59 Å². The molecule has 2 aromatic carbocycles. The summed E-state index contributed by atoms with van der Waals surface area (Å²) in [7, 11) is 0. The van der Waals surface area contributed by atoms with E-state index in [1.807, 2.05) is 56.3 Å². The van der Waals surface area contributed by atoms with E-state index < -0.39 is 0 Å². The fourth-order valence-electron chi connectivity index (χ4n) is 2.28. The summed E-state index contributed by atoms with van der Waals surface area (Å²) in [6.07, 6.45) is 0. The number of hydrogen-bond acceptors (Lipinski definition) is 4. The van der Waals surface area contributed by atoms with Crippen molar-refractivity contribution in [2.75, 3.05) is 0 Å². The lowest BCUT2D eigenvalue weighted by Gasteiger charge is -2.06. The molecule has 3 rings (SSSR count). The van der Waals surface area contributed by atoms with E-state index in [0.29, 0.717) is 4.88 Å². The van der Waals surface area contributed by atoms with Crippen molar-refractivity contribution in [3.8, 4) is 0 Å². The van der Waals surface area contributed by atoms with Gasteiger partial charge in [-0.25, -0.2) is 0 Å². The molecule has 0 bridgehead atoms. The average molecular weight is 282 g/mol. The molecule has 0 aliphatic rings. The van der Waals surface area contributed by atoms with Crippen molar-refractivity contribution in [2.45, 2.75) is 19.8 Å². The number of carbonyl (C=O) groups is 1. The van der Waals surface area contributed by atoms with Crippen LogP contribution in [-0.4, -0.2) is 15.4 Å². The monoisotopic (exact) mass is 282 g/mol. The number of ketones is 1. The molecule has 0 radical (unpaired) electrons. The second-order valence-corrected chi connectivity index (χ2v) is 5.75. The molecule has 0 aliphatic carbocycles. The number of rotatable bonds is 3. The summed E-state index contributed by atoms with van der Waals surface area (Å²) in [5, 5.41) is 6.14. The summed E-state index contributed by atoms with van der Waals surface area (Å²) in [5.41, 5.74) is 1.50. The molecule has 3 aromatic rings. The van der Waals surface area contributed by atoms with Crippen LogP contribution in [-0.2, 0) is 0 Å². The highest BCUT2D eigenvalue weighted by Gasteiger charge is 2.21. The first-order valence-electron chi connectivity index (χ1n) is 6.53. The minimum absolute atomic E-state index is 0.0144. The summed E-state index contributed by atoms with van der Waals surface area (Å²) in [4.78, 5) is 13.4. The number of carbonyl (C=O) groups excluding carboxylic acids is 1. The van der Waals surface area contributed by atoms with E-state index in [2.05, 4.69) is 9.59 Å². The Morgan fingerprint density at radius 1 is 1.10 bits per heavy atom. The van der Waals surface area contributed by atoms with Gasteiger partial charge in [-0.1, -0.05) is 60.8 Å². The van der Waals surface area contributed by atoms with Gasteiger partial charge in [0.25, 0.3) is 0 Å². The van der Waals surface area contributed by atoms with Gasteiger partial charge in [0.15, 0.2) is 0 Å². The lowest BCUT2D eigenvalue weighted by atomic mass is 9.98. The summed E-state index contributed by atoms with van der Waals surface area (Å²) >= 11 is 1.18. The molecule has 4 heteroatoms. The van der Waals surface area contributed by atoms with Crippen LogP contribution in [0, 0.1) is 0 Å². The first kappa shape index (κ1) is 12.9. The van der Waals surface area contributed by atoms with Crippen LogP contribution in [0.2, 0.25) is 0 Å². The molecule has 3 nitrogen and oxygen atoms in total. The molecule has 20 heavy (non-hydrogen) atoms. The van der Waals surface area contributed by atoms with E-state index in [1.54, 1.807) is 0 Å². The number of fused-ring (bicyclic) bond motifs is 1. The Kier molecular flexibility index (Phi) is 3.32. The zero-order valence-corrected chi connectivity index (χ0v) is 12.1. The number of aromatic nitrogens is 2. The zero-order valence-electron chi connectivity index (χ0n) is 11.3. The van der Waals surface area contributed by atoms with Gasteiger partial charge in [0.05, 0.1) is 5.69 Å². The van der Waals surface area contributed by atoms with Gasteiger partial charge in [0, 0.05) is 5.56 Å².